The predicted molar refractivity (Wildman–Crippen MR) is 119 cm³/mol. The Kier molecular flexibility index (Phi) is 6.65. The molecule has 12 heteroatoms. The van der Waals surface area contributed by atoms with Gasteiger partial charge in [-0.15, -0.1) is 10.2 Å². The van der Waals surface area contributed by atoms with Gasteiger partial charge in [-0.1, -0.05) is 17.8 Å². The molecule has 1 aromatic carbocycles. The fourth-order valence-corrected chi connectivity index (χ4v) is 5.36. The maximum atomic E-state index is 12.9. The number of amides is 1. The third-order valence-electron chi connectivity index (χ3n) is 5.00. The summed E-state index contributed by atoms with van der Waals surface area (Å²) in [5.41, 5.74) is 1.22. The minimum atomic E-state index is -3.65. The van der Waals surface area contributed by atoms with E-state index in [-0.39, 0.29) is 16.6 Å². The number of furan rings is 1. The second-order valence-corrected chi connectivity index (χ2v) is 10.1. The van der Waals surface area contributed by atoms with Crippen LogP contribution in [0.4, 0.5) is 5.69 Å². The van der Waals surface area contributed by atoms with Crippen molar-refractivity contribution in [1.29, 1.82) is 0 Å². The smallest absolute Gasteiger partial charge is 0.243 e. The van der Waals surface area contributed by atoms with Crippen LogP contribution in [0.3, 0.4) is 0 Å². The molecule has 0 radical (unpaired) electrons. The second-order valence-electron chi connectivity index (χ2n) is 7.17. The number of nitrogens with zero attached hydrogens (tertiary/aromatic N) is 4. The summed E-state index contributed by atoms with van der Waals surface area (Å²) >= 11 is 1.23. The Morgan fingerprint density at radius 3 is 2.72 bits per heavy atom. The summed E-state index contributed by atoms with van der Waals surface area (Å²) in [6, 6.07) is 8.29. The van der Waals surface area contributed by atoms with E-state index in [4.69, 9.17) is 9.15 Å². The van der Waals surface area contributed by atoms with Crippen LogP contribution in [0.1, 0.15) is 5.56 Å². The largest absolute Gasteiger partial charge is 0.461 e. The molecular formula is C20H23N5O5S2. The highest BCUT2D eigenvalue weighted by atomic mass is 32.2. The van der Waals surface area contributed by atoms with Crippen molar-refractivity contribution in [1.82, 2.24) is 19.1 Å². The number of ether oxygens (including phenoxy) is 1. The van der Waals surface area contributed by atoms with Crippen molar-refractivity contribution in [2.24, 2.45) is 7.05 Å². The zero-order valence-corrected chi connectivity index (χ0v) is 19.3. The molecule has 1 aliphatic rings. The fourth-order valence-electron chi connectivity index (χ4n) is 3.21. The van der Waals surface area contributed by atoms with Gasteiger partial charge in [-0.25, -0.2) is 8.42 Å². The molecule has 0 bridgehead atoms. The number of anilines is 1. The molecule has 32 heavy (non-hydrogen) atoms. The number of aryl methyl sites for hydroxylation is 1. The minimum absolute atomic E-state index is 0.0873. The first kappa shape index (κ1) is 22.5. The molecule has 1 saturated heterocycles. The van der Waals surface area contributed by atoms with Crippen LogP contribution in [0.25, 0.3) is 11.6 Å². The molecule has 1 fully saturated rings. The zero-order chi connectivity index (χ0) is 22.7. The van der Waals surface area contributed by atoms with Gasteiger partial charge in [0.05, 0.1) is 30.1 Å². The van der Waals surface area contributed by atoms with E-state index >= 15 is 0 Å². The molecule has 0 saturated carbocycles. The molecule has 0 spiro atoms. The maximum Gasteiger partial charge on any atom is 0.243 e. The van der Waals surface area contributed by atoms with Gasteiger partial charge >= 0.3 is 0 Å². The number of rotatable bonds is 7. The molecule has 4 rings (SSSR count). The minimum Gasteiger partial charge on any atom is -0.461 e. The van der Waals surface area contributed by atoms with E-state index in [0.29, 0.717) is 48.7 Å². The highest BCUT2D eigenvalue weighted by molar-refractivity contribution is 7.99. The molecule has 0 unspecified atom stereocenters. The average molecular weight is 478 g/mol. The van der Waals surface area contributed by atoms with Gasteiger partial charge in [0.25, 0.3) is 0 Å². The van der Waals surface area contributed by atoms with E-state index in [1.165, 1.54) is 22.1 Å². The van der Waals surface area contributed by atoms with Crippen molar-refractivity contribution in [3.63, 3.8) is 0 Å². The number of sulfonamides is 1. The Morgan fingerprint density at radius 2 is 2.00 bits per heavy atom. The first-order valence-electron chi connectivity index (χ1n) is 9.91. The van der Waals surface area contributed by atoms with Crippen molar-refractivity contribution >= 4 is 33.4 Å². The summed E-state index contributed by atoms with van der Waals surface area (Å²) in [7, 11) is -1.86. The molecule has 1 N–H and O–H groups in total. The molecular weight excluding hydrogens is 454 g/mol. The third kappa shape index (κ3) is 4.72. The van der Waals surface area contributed by atoms with Crippen molar-refractivity contribution < 1.29 is 22.4 Å². The first-order valence-corrected chi connectivity index (χ1v) is 12.3. The van der Waals surface area contributed by atoms with Crippen LogP contribution < -0.4 is 5.32 Å². The van der Waals surface area contributed by atoms with Crippen LogP contribution in [0, 0.1) is 6.92 Å². The average Bonchev–Trinajstić information content (AvgIpc) is 3.44. The number of benzene rings is 1. The Balaban J connectivity index is 1.43. The van der Waals surface area contributed by atoms with Crippen molar-refractivity contribution in [3.8, 4) is 11.6 Å². The number of carbonyl (C=O) groups is 1. The lowest BCUT2D eigenvalue weighted by molar-refractivity contribution is -0.113. The second kappa shape index (κ2) is 9.45. The lowest BCUT2D eigenvalue weighted by Crippen LogP contribution is -2.40. The number of carbonyl (C=O) groups excluding carboxylic acids is 1. The summed E-state index contributed by atoms with van der Waals surface area (Å²) in [6.07, 6.45) is 1.56. The van der Waals surface area contributed by atoms with E-state index in [2.05, 4.69) is 15.5 Å². The Bertz CT molecular complexity index is 1200. The van der Waals surface area contributed by atoms with Crippen LogP contribution in [0.5, 0.6) is 0 Å². The zero-order valence-electron chi connectivity index (χ0n) is 17.6. The van der Waals surface area contributed by atoms with Crippen molar-refractivity contribution in [3.05, 3.63) is 42.2 Å². The predicted octanol–water partition coefficient (Wildman–Crippen LogP) is 2.14. The Hall–Kier alpha value is -2.67. The Morgan fingerprint density at radius 1 is 1.22 bits per heavy atom. The molecule has 0 aliphatic carbocycles. The van der Waals surface area contributed by atoms with Gasteiger partial charge < -0.3 is 19.0 Å². The van der Waals surface area contributed by atoms with Gasteiger partial charge in [0.1, 0.15) is 0 Å². The van der Waals surface area contributed by atoms with Crippen molar-refractivity contribution in [2.75, 3.05) is 37.4 Å². The van der Waals surface area contributed by atoms with Gasteiger partial charge in [-0.3, -0.25) is 4.79 Å². The molecule has 2 aromatic heterocycles. The molecule has 3 aromatic rings. The highest BCUT2D eigenvalue weighted by Crippen LogP contribution is 2.25. The summed E-state index contributed by atoms with van der Waals surface area (Å²) in [5, 5.41) is 11.6. The molecule has 170 valence electrons. The normalized spacial score (nSPS) is 15.1. The van der Waals surface area contributed by atoms with Crippen LogP contribution in [0.2, 0.25) is 0 Å². The van der Waals surface area contributed by atoms with Gasteiger partial charge in [0, 0.05) is 25.8 Å². The lowest BCUT2D eigenvalue weighted by atomic mass is 10.2. The lowest BCUT2D eigenvalue weighted by Gasteiger charge is -2.26. The number of aromatic nitrogens is 3. The molecule has 1 amide bonds. The van der Waals surface area contributed by atoms with Crippen LogP contribution >= 0.6 is 11.8 Å². The third-order valence-corrected chi connectivity index (χ3v) is 7.91. The SMILES string of the molecule is Cc1ccc(S(=O)(=O)N2CCOCC2)cc1NC(=O)CSc1nnc(-c2ccco2)n1C. The van der Waals surface area contributed by atoms with E-state index < -0.39 is 10.0 Å². The van der Waals surface area contributed by atoms with Gasteiger partial charge in [-0.05, 0) is 36.8 Å². The summed E-state index contributed by atoms with van der Waals surface area (Å²) in [6.45, 7) is 3.18. The maximum absolute atomic E-state index is 12.9. The monoisotopic (exact) mass is 477 g/mol. The molecule has 1 aliphatic heterocycles. The Labute approximate surface area is 190 Å². The summed E-state index contributed by atoms with van der Waals surface area (Å²) in [5.74, 6) is 0.964. The summed E-state index contributed by atoms with van der Waals surface area (Å²) in [4.78, 5) is 12.7. The van der Waals surface area contributed by atoms with Crippen LogP contribution in [-0.4, -0.2) is 65.5 Å². The topological polar surface area (TPSA) is 120 Å². The number of hydrogen-bond acceptors (Lipinski definition) is 8. The van der Waals surface area contributed by atoms with Crippen molar-refractivity contribution in [2.45, 2.75) is 17.0 Å². The number of hydrogen-bond donors (Lipinski definition) is 1. The van der Waals surface area contributed by atoms with E-state index in [9.17, 15) is 13.2 Å². The van der Waals surface area contributed by atoms with Gasteiger partial charge in [-0.2, -0.15) is 4.31 Å². The fraction of sp³-hybridized carbons (Fsp3) is 0.350. The standard InChI is InChI=1S/C20H23N5O5S2/c1-14-5-6-15(32(27,28)25-7-10-29-11-8-25)12-16(14)21-18(26)13-31-20-23-22-19(24(20)2)17-4-3-9-30-17/h3-6,9,12H,7-8,10-11,13H2,1-2H3,(H,21,26). The van der Waals surface area contributed by atoms with Gasteiger partial charge in [0.15, 0.2) is 16.7 Å². The number of morpholine rings is 1. The van der Waals surface area contributed by atoms with E-state index in [0.717, 1.165) is 5.56 Å². The number of thioether (sulfide) groups is 1. The molecule has 0 atom stereocenters. The highest BCUT2D eigenvalue weighted by Gasteiger charge is 2.27. The number of nitrogens with one attached hydrogen (secondary N) is 1. The van der Waals surface area contributed by atoms with E-state index in [1.807, 2.05) is 6.92 Å². The van der Waals surface area contributed by atoms with Crippen LogP contribution in [-0.2, 0) is 26.6 Å². The molecule has 3 heterocycles. The van der Waals surface area contributed by atoms with Crippen LogP contribution in [0.15, 0.2) is 51.1 Å². The van der Waals surface area contributed by atoms with Gasteiger partial charge in [0.2, 0.25) is 15.9 Å². The van der Waals surface area contributed by atoms with E-state index in [1.54, 1.807) is 42.1 Å². The molecule has 10 nitrogen and oxygen atoms in total. The first-order chi connectivity index (χ1) is 15.4. The quantitative estimate of drug-likeness (QED) is 0.514. The summed E-state index contributed by atoms with van der Waals surface area (Å²) < 4.78 is 39.5.